The number of esters is 1. The molecule has 1 aromatic carbocycles. The summed E-state index contributed by atoms with van der Waals surface area (Å²) in [5, 5.41) is 4.43. The van der Waals surface area contributed by atoms with Gasteiger partial charge in [0.1, 0.15) is 0 Å². The molecule has 0 aliphatic heterocycles. The highest BCUT2D eigenvalue weighted by atomic mass is 32.2. The summed E-state index contributed by atoms with van der Waals surface area (Å²) >= 11 is 3.20. The maximum Gasteiger partial charge on any atom is 0.339 e. The molecule has 1 aromatic heterocycles. The summed E-state index contributed by atoms with van der Waals surface area (Å²) in [5.74, 6) is -0.555. The van der Waals surface area contributed by atoms with Gasteiger partial charge in [0, 0.05) is 29.6 Å². The van der Waals surface area contributed by atoms with Gasteiger partial charge in [0.05, 0.1) is 12.1 Å². The number of thiophene rings is 1. The number of rotatable bonds is 8. The molecule has 26 heavy (non-hydrogen) atoms. The van der Waals surface area contributed by atoms with E-state index in [4.69, 9.17) is 4.74 Å². The summed E-state index contributed by atoms with van der Waals surface area (Å²) < 4.78 is 5.07. The van der Waals surface area contributed by atoms with E-state index in [2.05, 4.69) is 5.32 Å². The molecule has 0 fully saturated rings. The highest BCUT2D eigenvalue weighted by Gasteiger charge is 2.15. The monoisotopic (exact) mass is 392 g/mol. The number of likely N-dealkylation sites (N-methyl/N-ethyl adjacent to an activating group) is 1. The van der Waals surface area contributed by atoms with Crippen molar-refractivity contribution in [2.24, 2.45) is 0 Å². The fraction of sp³-hybridized carbons (Fsp3) is 0.278. The topological polar surface area (TPSA) is 75.7 Å². The fourth-order valence-electron chi connectivity index (χ4n) is 1.90. The fourth-order valence-corrected chi connectivity index (χ4v) is 3.71. The van der Waals surface area contributed by atoms with Gasteiger partial charge in [0.15, 0.2) is 6.61 Å². The maximum atomic E-state index is 12.3. The Kier molecular flexibility index (Phi) is 7.68. The number of hydrogen-bond acceptors (Lipinski definition) is 6. The van der Waals surface area contributed by atoms with Crippen molar-refractivity contribution in [3.63, 3.8) is 0 Å². The van der Waals surface area contributed by atoms with E-state index < -0.39 is 18.5 Å². The molecule has 2 amide bonds. The van der Waals surface area contributed by atoms with Crippen LogP contribution in [-0.4, -0.2) is 49.9 Å². The molecule has 0 saturated carbocycles. The van der Waals surface area contributed by atoms with Crippen LogP contribution in [-0.2, 0) is 20.1 Å². The van der Waals surface area contributed by atoms with Crippen molar-refractivity contribution in [1.82, 2.24) is 10.2 Å². The number of amides is 2. The molecule has 0 aliphatic rings. The lowest BCUT2D eigenvalue weighted by Crippen LogP contribution is -2.38. The third-order valence-corrected chi connectivity index (χ3v) is 5.51. The standard InChI is InChI=1S/C18H20N2O4S2/c1-20(2)17(22)10-19-16(21)11-24-18(23)14-7-3-4-8-15(14)26-12-13-6-5-9-25-13/h3-9H,10-12H2,1-2H3,(H,19,21). The first kappa shape index (κ1) is 20.0. The first-order valence-electron chi connectivity index (χ1n) is 7.85. The van der Waals surface area contributed by atoms with Gasteiger partial charge in [0.25, 0.3) is 5.91 Å². The molecular formula is C18H20N2O4S2. The average Bonchev–Trinajstić information content (AvgIpc) is 3.16. The average molecular weight is 393 g/mol. The molecule has 0 saturated heterocycles. The zero-order valence-electron chi connectivity index (χ0n) is 14.6. The molecule has 0 spiro atoms. The van der Waals surface area contributed by atoms with Crippen LogP contribution in [0.5, 0.6) is 0 Å². The number of carbonyl (C=O) groups is 3. The zero-order valence-corrected chi connectivity index (χ0v) is 16.2. The Hall–Kier alpha value is -2.32. The highest BCUT2D eigenvalue weighted by Crippen LogP contribution is 2.28. The van der Waals surface area contributed by atoms with E-state index in [0.29, 0.717) is 5.56 Å². The van der Waals surface area contributed by atoms with Crippen LogP contribution in [0.25, 0.3) is 0 Å². The second-order valence-corrected chi connectivity index (χ2v) is 7.55. The number of benzene rings is 1. The Morgan fingerprint density at radius 2 is 1.92 bits per heavy atom. The smallest absolute Gasteiger partial charge is 0.339 e. The minimum Gasteiger partial charge on any atom is -0.452 e. The normalized spacial score (nSPS) is 10.2. The SMILES string of the molecule is CN(C)C(=O)CNC(=O)COC(=O)c1ccccc1SCc1cccs1. The summed E-state index contributed by atoms with van der Waals surface area (Å²) in [6.07, 6.45) is 0. The van der Waals surface area contributed by atoms with Gasteiger partial charge in [-0.05, 0) is 23.6 Å². The molecule has 0 atom stereocenters. The highest BCUT2D eigenvalue weighted by molar-refractivity contribution is 7.98. The van der Waals surface area contributed by atoms with Gasteiger partial charge >= 0.3 is 5.97 Å². The van der Waals surface area contributed by atoms with Crippen LogP contribution in [0.4, 0.5) is 0 Å². The largest absolute Gasteiger partial charge is 0.452 e. The summed E-state index contributed by atoms with van der Waals surface area (Å²) in [6.45, 7) is -0.555. The van der Waals surface area contributed by atoms with Crippen molar-refractivity contribution < 1.29 is 19.1 Å². The van der Waals surface area contributed by atoms with Crippen molar-refractivity contribution in [2.45, 2.75) is 10.6 Å². The van der Waals surface area contributed by atoms with Gasteiger partial charge in [-0.3, -0.25) is 9.59 Å². The lowest BCUT2D eigenvalue weighted by molar-refractivity contribution is -0.131. The molecule has 0 unspecified atom stereocenters. The van der Waals surface area contributed by atoms with Crippen LogP contribution < -0.4 is 5.32 Å². The maximum absolute atomic E-state index is 12.3. The molecule has 2 aromatic rings. The van der Waals surface area contributed by atoms with Gasteiger partial charge in [-0.25, -0.2) is 4.79 Å². The first-order valence-corrected chi connectivity index (χ1v) is 9.72. The van der Waals surface area contributed by atoms with E-state index in [1.165, 1.54) is 9.78 Å². The van der Waals surface area contributed by atoms with E-state index in [9.17, 15) is 14.4 Å². The third-order valence-electron chi connectivity index (χ3n) is 3.33. The summed E-state index contributed by atoms with van der Waals surface area (Å²) in [4.78, 5) is 38.8. The molecule has 8 heteroatoms. The van der Waals surface area contributed by atoms with E-state index in [1.54, 1.807) is 49.3 Å². The predicted octanol–water partition coefficient (Wildman–Crippen LogP) is 2.40. The summed E-state index contributed by atoms with van der Waals surface area (Å²) in [5.41, 5.74) is 0.422. The van der Waals surface area contributed by atoms with Crippen LogP contribution in [0.1, 0.15) is 15.2 Å². The van der Waals surface area contributed by atoms with Crippen LogP contribution >= 0.6 is 23.1 Å². The van der Waals surface area contributed by atoms with Crippen LogP contribution in [0.15, 0.2) is 46.7 Å². The zero-order chi connectivity index (χ0) is 18.9. The van der Waals surface area contributed by atoms with E-state index in [-0.39, 0.29) is 12.5 Å². The quantitative estimate of drug-likeness (QED) is 0.552. The van der Waals surface area contributed by atoms with Crippen LogP contribution in [0, 0.1) is 0 Å². The summed E-state index contributed by atoms with van der Waals surface area (Å²) in [6, 6.07) is 11.2. The molecule has 1 heterocycles. The second-order valence-electron chi connectivity index (χ2n) is 5.51. The number of thioether (sulfide) groups is 1. The Morgan fingerprint density at radius 1 is 1.15 bits per heavy atom. The molecule has 0 bridgehead atoms. The Balaban J connectivity index is 1.87. The van der Waals surface area contributed by atoms with Gasteiger partial charge in [0.2, 0.25) is 5.91 Å². The lowest BCUT2D eigenvalue weighted by atomic mass is 10.2. The van der Waals surface area contributed by atoms with E-state index in [0.717, 1.165) is 10.6 Å². The van der Waals surface area contributed by atoms with Crippen molar-refractivity contribution in [1.29, 1.82) is 0 Å². The minimum atomic E-state index is -0.562. The van der Waals surface area contributed by atoms with E-state index in [1.807, 2.05) is 29.6 Å². The van der Waals surface area contributed by atoms with Gasteiger partial charge < -0.3 is 15.0 Å². The molecule has 1 N–H and O–H groups in total. The molecule has 0 radical (unpaired) electrons. The van der Waals surface area contributed by atoms with Gasteiger partial charge in [-0.15, -0.1) is 23.1 Å². The minimum absolute atomic E-state index is 0.128. The molecule has 2 rings (SSSR count). The number of ether oxygens (including phenoxy) is 1. The van der Waals surface area contributed by atoms with Gasteiger partial charge in [-0.1, -0.05) is 18.2 Å². The molecule has 0 aliphatic carbocycles. The number of hydrogen-bond donors (Lipinski definition) is 1. The molecule has 6 nitrogen and oxygen atoms in total. The number of nitrogens with one attached hydrogen (secondary N) is 1. The lowest BCUT2D eigenvalue weighted by Gasteiger charge is -2.11. The predicted molar refractivity (Wildman–Crippen MR) is 102 cm³/mol. The molecular weight excluding hydrogens is 372 g/mol. The Labute approximate surface area is 160 Å². The number of carbonyl (C=O) groups excluding carboxylic acids is 3. The Bertz CT molecular complexity index is 760. The first-order chi connectivity index (χ1) is 12.5. The molecule has 138 valence electrons. The third kappa shape index (κ3) is 6.20. The second kappa shape index (κ2) is 9.98. The van der Waals surface area contributed by atoms with E-state index >= 15 is 0 Å². The number of nitrogens with zero attached hydrogens (tertiary/aromatic N) is 1. The van der Waals surface area contributed by atoms with Crippen molar-refractivity contribution in [3.05, 3.63) is 52.2 Å². The van der Waals surface area contributed by atoms with Crippen molar-refractivity contribution in [2.75, 3.05) is 27.2 Å². The van der Waals surface area contributed by atoms with Crippen LogP contribution in [0.3, 0.4) is 0 Å². The van der Waals surface area contributed by atoms with Crippen molar-refractivity contribution >= 4 is 40.9 Å². The summed E-state index contributed by atoms with van der Waals surface area (Å²) in [7, 11) is 3.19. The van der Waals surface area contributed by atoms with Gasteiger partial charge in [-0.2, -0.15) is 0 Å². The van der Waals surface area contributed by atoms with Crippen molar-refractivity contribution in [3.8, 4) is 0 Å². The van der Waals surface area contributed by atoms with Crippen LogP contribution in [0.2, 0.25) is 0 Å². The Morgan fingerprint density at radius 3 is 2.62 bits per heavy atom.